The van der Waals surface area contributed by atoms with Crippen molar-refractivity contribution in [2.75, 3.05) is 26.0 Å². The van der Waals surface area contributed by atoms with Crippen molar-refractivity contribution >= 4 is 23.4 Å². The van der Waals surface area contributed by atoms with Crippen LogP contribution in [0.25, 0.3) is 0 Å². The van der Waals surface area contributed by atoms with E-state index in [1.54, 1.807) is 0 Å². The molecule has 5 nitrogen and oxygen atoms in total. The van der Waals surface area contributed by atoms with E-state index in [4.69, 9.17) is 11.6 Å². The Hall–Kier alpha value is -1.33. The van der Waals surface area contributed by atoms with Crippen LogP contribution >= 0.6 is 11.6 Å². The Bertz CT molecular complexity index is 454. The molecular weight excluding hydrogens is 278 g/mol. The smallest absolute Gasteiger partial charge is 0.339 e. The second kappa shape index (κ2) is 7.45. The van der Waals surface area contributed by atoms with E-state index in [1.807, 2.05) is 14.1 Å². The second-order valence-corrected chi connectivity index (χ2v) is 5.96. The Kier molecular flexibility index (Phi) is 6.23. The summed E-state index contributed by atoms with van der Waals surface area (Å²) in [6, 6.07) is 3.08. The monoisotopic (exact) mass is 299 g/mol. The Morgan fingerprint density at radius 2 is 2.10 bits per heavy atom. The van der Waals surface area contributed by atoms with Gasteiger partial charge in [0.1, 0.15) is 16.5 Å². The standard InChI is InChI=1S/C14H22ClN3O2/c1-9(2)7-10(8-18(3)4)16-13-11(14(19)20)5-6-12(15)17-13/h5-6,9-10H,7-8H2,1-4H3,(H,16,17)(H,19,20). The van der Waals surface area contributed by atoms with Crippen molar-refractivity contribution < 1.29 is 9.90 Å². The van der Waals surface area contributed by atoms with Gasteiger partial charge < -0.3 is 15.3 Å². The Labute approximate surface area is 125 Å². The van der Waals surface area contributed by atoms with Crippen LogP contribution in [0.1, 0.15) is 30.6 Å². The molecule has 0 amide bonds. The van der Waals surface area contributed by atoms with Gasteiger partial charge in [-0.05, 0) is 38.6 Å². The molecule has 0 saturated carbocycles. The Balaban J connectivity index is 2.96. The number of likely N-dealkylation sites (N-methyl/N-ethyl adjacent to an activating group) is 1. The summed E-state index contributed by atoms with van der Waals surface area (Å²) in [4.78, 5) is 17.4. The van der Waals surface area contributed by atoms with E-state index in [1.165, 1.54) is 12.1 Å². The molecule has 1 heterocycles. The molecular formula is C14H22ClN3O2. The maximum absolute atomic E-state index is 11.2. The van der Waals surface area contributed by atoms with E-state index in [0.717, 1.165) is 13.0 Å². The first-order valence-corrected chi connectivity index (χ1v) is 6.98. The highest BCUT2D eigenvalue weighted by Gasteiger charge is 2.18. The number of pyridine rings is 1. The minimum Gasteiger partial charge on any atom is -0.478 e. The molecule has 1 atom stereocenters. The van der Waals surface area contributed by atoms with Crippen molar-refractivity contribution in [2.24, 2.45) is 5.92 Å². The van der Waals surface area contributed by atoms with Crippen LogP contribution in [0.2, 0.25) is 5.15 Å². The maximum Gasteiger partial charge on any atom is 0.339 e. The molecule has 0 aliphatic heterocycles. The Morgan fingerprint density at radius 3 is 2.60 bits per heavy atom. The molecule has 0 radical (unpaired) electrons. The Morgan fingerprint density at radius 1 is 1.45 bits per heavy atom. The van der Waals surface area contributed by atoms with Crippen LogP contribution in [0.5, 0.6) is 0 Å². The van der Waals surface area contributed by atoms with Crippen molar-refractivity contribution in [2.45, 2.75) is 26.3 Å². The van der Waals surface area contributed by atoms with E-state index in [0.29, 0.717) is 11.7 Å². The molecule has 0 spiro atoms. The molecule has 0 aliphatic rings. The third-order valence-electron chi connectivity index (χ3n) is 2.77. The fraction of sp³-hybridized carbons (Fsp3) is 0.571. The molecule has 1 aromatic heterocycles. The van der Waals surface area contributed by atoms with E-state index in [9.17, 15) is 9.90 Å². The number of anilines is 1. The maximum atomic E-state index is 11.2. The lowest BCUT2D eigenvalue weighted by Crippen LogP contribution is -2.34. The van der Waals surface area contributed by atoms with Gasteiger partial charge in [0.05, 0.1) is 0 Å². The van der Waals surface area contributed by atoms with E-state index in [-0.39, 0.29) is 16.8 Å². The van der Waals surface area contributed by atoms with Crippen LogP contribution in [-0.4, -0.2) is 47.6 Å². The van der Waals surface area contributed by atoms with Crippen LogP contribution in [-0.2, 0) is 0 Å². The zero-order valence-electron chi connectivity index (χ0n) is 12.4. The first kappa shape index (κ1) is 16.7. The minimum atomic E-state index is -1.01. The number of hydrogen-bond donors (Lipinski definition) is 2. The summed E-state index contributed by atoms with van der Waals surface area (Å²) in [6.45, 7) is 5.06. The van der Waals surface area contributed by atoms with Crippen LogP contribution < -0.4 is 5.32 Å². The second-order valence-electron chi connectivity index (χ2n) is 5.57. The number of carboxylic acids is 1. The normalized spacial score (nSPS) is 12.8. The molecule has 0 bridgehead atoms. The highest BCUT2D eigenvalue weighted by Crippen LogP contribution is 2.19. The molecule has 0 saturated heterocycles. The third kappa shape index (κ3) is 5.35. The lowest BCUT2D eigenvalue weighted by molar-refractivity contribution is 0.0697. The van der Waals surface area contributed by atoms with Crippen molar-refractivity contribution in [1.82, 2.24) is 9.88 Å². The topological polar surface area (TPSA) is 65.5 Å². The van der Waals surface area contributed by atoms with Crippen LogP contribution in [0, 0.1) is 5.92 Å². The molecule has 0 fully saturated rings. The average molecular weight is 300 g/mol. The molecule has 2 N–H and O–H groups in total. The predicted octanol–water partition coefficient (Wildman–Crippen LogP) is 2.82. The van der Waals surface area contributed by atoms with Gasteiger partial charge in [-0.15, -0.1) is 0 Å². The molecule has 20 heavy (non-hydrogen) atoms. The summed E-state index contributed by atoms with van der Waals surface area (Å²) in [5.41, 5.74) is 0.141. The number of hydrogen-bond acceptors (Lipinski definition) is 4. The molecule has 1 aromatic rings. The van der Waals surface area contributed by atoms with Gasteiger partial charge in [0.25, 0.3) is 0 Å². The number of halogens is 1. The lowest BCUT2D eigenvalue weighted by atomic mass is 10.0. The third-order valence-corrected chi connectivity index (χ3v) is 2.98. The van der Waals surface area contributed by atoms with Crippen LogP contribution in [0.15, 0.2) is 12.1 Å². The molecule has 1 rings (SSSR count). The van der Waals surface area contributed by atoms with Gasteiger partial charge in [0.2, 0.25) is 0 Å². The fourth-order valence-corrected chi connectivity index (χ4v) is 2.25. The summed E-state index contributed by atoms with van der Waals surface area (Å²) in [5, 5.41) is 12.7. The van der Waals surface area contributed by atoms with Crippen molar-refractivity contribution in [3.05, 3.63) is 22.8 Å². The molecule has 1 unspecified atom stereocenters. The lowest BCUT2D eigenvalue weighted by Gasteiger charge is -2.25. The molecule has 0 aromatic carbocycles. The number of nitrogens with one attached hydrogen (secondary N) is 1. The first-order chi connectivity index (χ1) is 9.29. The number of rotatable bonds is 7. The average Bonchev–Trinajstić information content (AvgIpc) is 2.26. The summed E-state index contributed by atoms with van der Waals surface area (Å²) in [5.74, 6) is -0.178. The van der Waals surface area contributed by atoms with Gasteiger partial charge >= 0.3 is 5.97 Å². The molecule has 0 aliphatic carbocycles. The van der Waals surface area contributed by atoms with Gasteiger partial charge in [-0.25, -0.2) is 9.78 Å². The van der Waals surface area contributed by atoms with Crippen LogP contribution in [0.4, 0.5) is 5.82 Å². The SMILES string of the molecule is CC(C)CC(CN(C)C)Nc1nc(Cl)ccc1C(=O)O. The van der Waals surface area contributed by atoms with Crippen molar-refractivity contribution in [1.29, 1.82) is 0 Å². The van der Waals surface area contributed by atoms with Gasteiger partial charge in [-0.1, -0.05) is 25.4 Å². The minimum absolute atomic E-state index is 0.120. The van der Waals surface area contributed by atoms with Crippen molar-refractivity contribution in [3.63, 3.8) is 0 Å². The quantitative estimate of drug-likeness (QED) is 0.758. The molecule has 6 heteroatoms. The zero-order chi connectivity index (χ0) is 15.3. The van der Waals surface area contributed by atoms with Gasteiger partial charge in [-0.3, -0.25) is 0 Å². The molecule has 112 valence electrons. The van der Waals surface area contributed by atoms with Gasteiger partial charge in [0.15, 0.2) is 0 Å². The zero-order valence-corrected chi connectivity index (χ0v) is 13.1. The predicted molar refractivity (Wildman–Crippen MR) is 81.6 cm³/mol. The number of carboxylic acid groups (broad SMARTS) is 1. The highest BCUT2D eigenvalue weighted by atomic mass is 35.5. The van der Waals surface area contributed by atoms with E-state index >= 15 is 0 Å². The van der Waals surface area contributed by atoms with Gasteiger partial charge in [-0.2, -0.15) is 0 Å². The van der Waals surface area contributed by atoms with Crippen LogP contribution in [0.3, 0.4) is 0 Å². The fourth-order valence-electron chi connectivity index (χ4n) is 2.10. The van der Waals surface area contributed by atoms with Crippen molar-refractivity contribution in [3.8, 4) is 0 Å². The summed E-state index contributed by atoms with van der Waals surface area (Å²) < 4.78 is 0. The largest absolute Gasteiger partial charge is 0.478 e. The number of aromatic carboxylic acids is 1. The number of nitrogens with zero attached hydrogens (tertiary/aromatic N) is 2. The number of carbonyl (C=O) groups is 1. The highest BCUT2D eigenvalue weighted by molar-refractivity contribution is 6.29. The van der Waals surface area contributed by atoms with E-state index < -0.39 is 5.97 Å². The summed E-state index contributed by atoms with van der Waals surface area (Å²) in [6.07, 6.45) is 0.922. The van der Waals surface area contributed by atoms with Gasteiger partial charge in [0, 0.05) is 12.6 Å². The van der Waals surface area contributed by atoms with E-state index in [2.05, 4.69) is 29.0 Å². The first-order valence-electron chi connectivity index (χ1n) is 6.60. The summed E-state index contributed by atoms with van der Waals surface area (Å²) in [7, 11) is 3.97. The number of aromatic nitrogens is 1. The summed E-state index contributed by atoms with van der Waals surface area (Å²) >= 11 is 5.86.